The fourth-order valence-corrected chi connectivity index (χ4v) is 4.58. The molecule has 0 unspecified atom stereocenters. The van der Waals surface area contributed by atoms with Crippen molar-refractivity contribution in [2.75, 3.05) is 20.3 Å². The average molecular weight is 423 g/mol. The Balaban J connectivity index is 1.67. The van der Waals surface area contributed by atoms with Gasteiger partial charge in [-0.1, -0.05) is 60.7 Å². The fraction of sp³-hybridized carbons (Fsp3) is 0.500. The van der Waals surface area contributed by atoms with Gasteiger partial charge in [-0.15, -0.1) is 0 Å². The van der Waals surface area contributed by atoms with E-state index in [0.29, 0.717) is 12.6 Å². The molecule has 5 heteroatoms. The van der Waals surface area contributed by atoms with Crippen molar-refractivity contribution in [3.8, 4) is 0 Å². The van der Waals surface area contributed by atoms with E-state index in [4.69, 9.17) is 19.3 Å². The number of benzene rings is 2. The standard InChI is InChI=1S/C26H34N2O3/c1-26(2)30-23(17-20-11-6-4-7-12-20)25(27-28-16-10-15-22(28)19-29-3)24(31-26)18-21-13-8-5-9-14-21/h4-9,11-14,22-24H,10,15-19H2,1-3H3/t22-,23-,24-/m0/s1. The molecule has 0 aromatic heterocycles. The van der Waals surface area contributed by atoms with Crippen LogP contribution in [-0.4, -0.2) is 55.0 Å². The highest BCUT2D eigenvalue weighted by molar-refractivity contribution is 5.93. The van der Waals surface area contributed by atoms with E-state index in [9.17, 15) is 0 Å². The highest BCUT2D eigenvalue weighted by atomic mass is 16.7. The molecule has 2 heterocycles. The molecule has 166 valence electrons. The Bertz CT molecular complexity index is 798. The highest BCUT2D eigenvalue weighted by Gasteiger charge is 2.41. The molecule has 0 bridgehead atoms. The van der Waals surface area contributed by atoms with Crippen LogP contribution in [0.4, 0.5) is 0 Å². The highest BCUT2D eigenvalue weighted by Crippen LogP contribution is 2.30. The van der Waals surface area contributed by atoms with Gasteiger partial charge in [-0.2, -0.15) is 5.10 Å². The summed E-state index contributed by atoms with van der Waals surface area (Å²) in [7, 11) is 1.76. The molecule has 2 aromatic rings. The minimum atomic E-state index is -0.672. The molecule has 2 saturated heterocycles. The first-order chi connectivity index (χ1) is 15.0. The summed E-state index contributed by atoms with van der Waals surface area (Å²) in [6, 6.07) is 21.3. The van der Waals surface area contributed by atoms with Crippen LogP contribution in [0.3, 0.4) is 0 Å². The molecule has 0 aliphatic carbocycles. The van der Waals surface area contributed by atoms with E-state index in [2.05, 4.69) is 53.5 Å². The first-order valence-corrected chi connectivity index (χ1v) is 11.3. The largest absolute Gasteiger partial charge is 0.382 e. The Kier molecular flexibility index (Phi) is 7.06. The quantitative estimate of drug-likeness (QED) is 0.661. The van der Waals surface area contributed by atoms with Gasteiger partial charge in [-0.3, -0.25) is 5.01 Å². The van der Waals surface area contributed by atoms with Crippen molar-refractivity contribution in [1.82, 2.24) is 5.01 Å². The number of hydrogen-bond acceptors (Lipinski definition) is 5. The normalized spacial score (nSPS) is 25.6. The van der Waals surface area contributed by atoms with Crippen molar-refractivity contribution in [2.24, 2.45) is 5.10 Å². The van der Waals surface area contributed by atoms with Crippen molar-refractivity contribution < 1.29 is 14.2 Å². The van der Waals surface area contributed by atoms with E-state index in [0.717, 1.165) is 37.9 Å². The van der Waals surface area contributed by atoms with Crippen LogP contribution in [-0.2, 0) is 27.1 Å². The van der Waals surface area contributed by atoms with Gasteiger partial charge in [0, 0.05) is 26.5 Å². The Morgan fingerprint density at radius 1 is 0.935 bits per heavy atom. The third-order valence-corrected chi connectivity index (χ3v) is 5.99. The number of hydrogen-bond donors (Lipinski definition) is 0. The van der Waals surface area contributed by atoms with Crippen molar-refractivity contribution in [3.63, 3.8) is 0 Å². The predicted octanol–water partition coefficient (Wildman–Crippen LogP) is 4.46. The van der Waals surface area contributed by atoms with Crippen molar-refractivity contribution >= 4 is 5.71 Å². The van der Waals surface area contributed by atoms with Crippen molar-refractivity contribution in [2.45, 2.75) is 63.6 Å². The molecule has 0 radical (unpaired) electrons. The molecule has 4 rings (SSSR count). The predicted molar refractivity (Wildman–Crippen MR) is 123 cm³/mol. The molecular weight excluding hydrogens is 388 g/mol. The number of hydrazone groups is 1. The molecule has 31 heavy (non-hydrogen) atoms. The first kappa shape index (κ1) is 22.0. The van der Waals surface area contributed by atoms with Crippen LogP contribution in [0.5, 0.6) is 0 Å². The van der Waals surface area contributed by atoms with Gasteiger partial charge in [0.2, 0.25) is 0 Å². The molecule has 0 spiro atoms. The minimum Gasteiger partial charge on any atom is -0.382 e. The molecular formula is C26H34N2O3. The summed E-state index contributed by atoms with van der Waals surface area (Å²) < 4.78 is 18.4. The van der Waals surface area contributed by atoms with Crippen LogP contribution >= 0.6 is 0 Å². The van der Waals surface area contributed by atoms with Gasteiger partial charge in [0.25, 0.3) is 0 Å². The van der Waals surface area contributed by atoms with Gasteiger partial charge in [-0.25, -0.2) is 0 Å². The zero-order chi connectivity index (χ0) is 21.7. The average Bonchev–Trinajstić information content (AvgIpc) is 3.19. The van der Waals surface area contributed by atoms with Crippen molar-refractivity contribution in [1.29, 1.82) is 0 Å². The van der Waals surface area contributed by atoms with Gasteiger partial charge < -0.3 is 14.2 Å². The summed E-state index contributed by atoms with van der Waals surface area (Å²) in [5, 5.41) is 7.37. The summed E-state index contributed by atoms with van der Waals surface area (Å²) in [5.41, 5.74) is 3.47. The van der Waals surface area contributed by atoms with Gasteiger partial charge >= 0.3 is 0 Å². The smallest absolute Gasteiger partial charge is 0.164 e. The molecule has 0 saturated carbocycles. The lowest BCUT2D eigenvalue weighted by Gasteiger charge is -2.42. The third kappa shape index (κ3) is 5.73. The minimum absolute atomic E-state index is 0.136. The zero-order valence-corrected chi connectivity index (χ0v) is 18.9. The molecule has 0 amide bonds. The number of nitrogens with zero attached hydrogens (tertiary/aromatic N) is 2. The lowest BCUT2D eigenvalue weighted by Crippen LogP contribution is -2.54. The summed E-state index contributed by atoms with van der Waals surface area (Å²) in [4.78, 5) is 0. The molecule has 2 aliphatic rings. The first-order valence-electron chi connectivity index (χ1n) is 11.3. The van der Waals surface area contributed by atoms with Crippen LogP contribution in [0, 0.1) is 0 Å². The molecule has 3 atom stereocenters. The van der Waals surface area contributed by atoms with Crippen LogP contribution in [0.15, 0.2) is 65.8 Å². The Labute approximate surface area is 186 Å². The van der Waals surface area contributed by atoms with E-state index in [-0.39, 0.29) is 12.2 Å². The van der Waals surface area contributed by atoms with E-state index in [1.165, 1.54) is 11.1 Å². The monoisotopic (exact) mass is 422 g/mol. The Morgan fingerprint density at radius 3 is 2.00 bits per heavy atom. The molecule has 0 N–H and O–H groups in total. The van der Waals surface area contributed by atoms with E-state index in [1.807, 2.05) is 26.0 Å². The Morgan fingerprint density at radius 2 is 1.48 bits per heavy atom. The number of methoxy groups -OCH3 is 1. The van der Waals surface area contributed by atoms with Crippen molar-refractivity contribution in [3.05, 3.63) is 71.8 Å². The second-order valence-electron chi connectivity index (χ2n) is 8.93. The third-order valence-electron chi connectivity index (χ3n) is 5.99. The van der Waals surface area contributed by atoms with Gasteiger partial charge in [0.15, 0.2) is 5.79 Å². The van der Waals surface area contributed by atoms with Gasteiger partial charge in [0.05, 0.1) is 18.4 Å². The SMILES string of the molecule is COC[C@@H]1CCCN1N=C1[C@H](Cc2ccccc2)OC(C)(C)O[C@H]1Cc1ccccc1. The van der Waals surface area contributed by atoms with Crippen LogP contribution in [0.25, 0.3) is 0 Å². The summed E-state index contributed by atoms with van der Waals surface area (Å²) in [6.07, 6.45) is 3.52. The van der Waals surface area contributed by atoms with E-state index >= 15 is 0 Å². The fourth-order valence-electron chi connectivity index (χ4n) is 4.58. The maximum Gasteiger partial charge on any atom is 0.164 e. The van der Waals surface area contributed by atoms with E-state index < -0.39 is 5.79 Å². The second kappa shape index (κ2) is 9.94. The number of ether oxygens (including phenoxy) is 3. The summed E-state index contributed by atoms with van der Waals surface area (Å²) >= 11 is 0. The van der Waals surface area contributed by atoms with Gasteiger partial charge in [0.1, 0.15) is 12.2 Å². The molecule has 5 nitrogen and oxygen atoms in total. The molecule has 2 aromatic carbocycles. The lowest BCUT2D eigenvalue weighted by atomic mass is 9.94. The lowest BCUT2D eigenvalue weighted by molar-refractivity contribution is -0.256. The second-order valence-corrected chi connectivity index (χ2v) is 8.93. The maximum atomic E-state index is 6.45. The number of rotatable bonds is 7. The molecule has 2 aliphatic heterocycles. The maximum absolute atomic E-state index is 6.45. The zero-order valence-electron chi connectivity index (χ0n) is 18.9. The Hall–Kier alpha value is -2.21. The van der Waals surface area contributed by atoms with E-state index in [1.54, 1.807) is 7.11 Å². The topological polar surface area (TPSA) is 43.3 Å². The summed E-state index contributed by atoms with van der Waals surface area (Å²) in [6.45, 7) is 5.64. The van der Waals surface area contributed by atoms with Crippen LogP contribution in [0.1, 0.15) is 37.8 Å². The van der Waals surface area contributed by atoms with Gasteiger partial charge in [-0.05, 0) is 37.8 Å². The molecule has 2 fully saturated rings. The van der Waals surface area contributed by atoms with Crippen LogP contribution in [0.2, 0.25) is 0 Å². The van der Waals surface area contributed by atoms with Crippen LogP contribution < -0.4 is 0 Å². The summed E-state index contributed by atoms with van der Waals surface area (Å²) in [5.74, 6) is -0.672.